The summed E-state index contributed by atoms with van der Waals surface area (Å²) in [6.07, 6.45) is 0.871. The number of hydrogen-bond donors (Lipinski definition) is 1. The average Bonchev–Trinajstić information content (AvgIpc) is 1.68. The van der Waals surface area contributed by atoms with Crippen molar-refractivity contribution in [3.63, 3.8) is 0 Å². The van der Waals surface area contributed by atoms with Gasteiger partial charge in [0.2, 0.25) is 0 Å². The number of hydrogen-bond acceptors (Lipinski definition) is 3. The van der Waals surface area contributed by atoms with Crippen LogP contribution in [0.4, 0.5) is 0 Å². The normalized spacial score (nSPS) is 9.88. The maximum absolute atomic E-state index is 9.81. The van der Waals surface area contributed by atoms with Gasteiger partial charge in [0, 0.05) is 13.1 Å². The lowest BCUT2D eigenvalue weighted by Gasteiger charge is -2.09. The highest BCUT2D eigenvalue weighted by molar-refractivity contribution is 5.51. The van der Waals surface area contributed by atoms with Crippen molar-refractivity contribution in [3.05, 3.63) is 0 Å². The molecule has 0 aromatic heterocycles. The van der Waals surface area contributed by atoms with Gasteiger partial charge >= 0.3 is 0 Å². The minimum atomic E-state index is 0.483. The van der Waals surface area contributed by atoms with E-state index in [1.807, 2.05) is 11.9 Å². The summed E-state index contributed by atoms with van der Waals surface area (Å²) < 4.78 is 0. The number of nitrogens with zero attached hydrogens (tertiary/aromatic N) is 1. The van der Waals surface area contributed by atoms with Crippen molar-refractivity contribution >= 4 is 6.29 Å². The van der Waals surface area contributed by atoms with Crippen molar-refractivity contribution in [1.29, 1.82) is 0 Å². The third-order valence-electron chi connectivity index (χ3n) is 0.897. The Morgan fingerprint density at radius 1 is 1.75 bits per heavy atom. The summed E-state index contributed by atoms with van der Waals surface area (Å²) in [6, 6.07) is 0. The van der Waals surface area contributed by atoms with Crippen LogP contribution in [0.15, 0.2) is 0 Å². The SMILES string of the molecule is CN(CC=O)CCN. The fraction of sp³-hybridized carbons (Fsp3) is 0.800. The second-order valence-corrected chi connectivity index (χ2v) is 1.72. The summed E-state index contributed by atoms with van der Waals surface area (Å²) >= 11 is 0. The molecular formula is C5H12N2O. The van der Waals surface area contributed by atoms with E-state index in [4.69, 9.17) is 5.73 Å². The molecule has 0 aliphatic carbocycles. The van der Waals surface area contributed by atoms with Crippen molar-refractivity contribution in [2.45, 2.75) is 0 Å². The minimum Gasteiger partial charge on any atom is -0.329 e. The average molecular weight is 116 g/mol. The molecule has 3 nitrogen and oxygen atoms in total. The van der Waals surface area contributed by atoms with E-state index in [0.717, 1.165) is 12.8 Å². The van der Waals surface area contributed by atoms with Gasteiger partial charge in [0.1, 0.15) is 6.29 Å². The van der Waals surface area contributed by atoms with E-state index >= 15 is 0 Å². The molecule has 3 heteroatoms. The van der Waals surface area contributed by atoms with Gasteiger partial charge in [0.25, 0.3) is 0 Å². The van der Waals surface area contributed by atoms with Gasteiger partial charge in [-0.3, -0.25) is 4.90 Å². The number of aldehydes is 1. The van der Waals surface area contributed by atoms with Gasteiger partial charge in [-0.15, -0.1) is 0 Å². The van der Waals surface area contributed by atoms with E-state index < -0.39 is 0 Å². The second kappa shape index (κ2) is 4.74. The lowest BCUT2D eigenvalue weighted by Crippen LogP contribution is -2.26. The molecule has 0 radical (unpaired) electrons. The smallest absolute Gasteiger partial charge is 0.133 e. The summed E-state index contributed by atoms with van der Waals surface area (Å²) in [5.74, 6) is 0. The summed E-state index contributed by atoms with van der Waals surface area (Å²) in [5, 5.41) is 0. The van der Waals surface area contributed by atoms with E-state index in [2.05, 4.69) is 0 Å². The topological polar surface area (TPSA) is 46.3 Å². The predicted molar refractivity (Wildman–Crippen MR) is 32.6 cm³/mol. The van der Waals surface area contributed by atoms with Gasteiger partial charge in [-0.2, -0.15) is 0 Å². The van der Waals surface area contributed by atoms with Gasteiger partial charge in [-0.25, -0.2) is 0 Å². The summed E-state index contributed by atoms with van der Waals surface area (Å²) in [6.45, 7) is 1.89. The van der Waals surface area contributed by atoms with E-state index in [1.165, 1.54) is 0 Å². The molecule has 0 fully saturated rings. The Labute approximate surface area is 49.5 Å². The third kappa shape index (κ3) is 3.77. The molecule has 0 saturated heterocycles. The quantitative estimate of drug-likeness (QED) is 0.483. The van der Waals surface area contributed by atoms with Crippen molar-refractivity contribution in [2.75, 3.05) is 26.7 Å². The van der Waals surface area contributed by atoms with Crippen LogP contribution < -0.4 is 5.73 Å². The molecule has 0 aromatic carbocycles. The molecule has 0 aromatic rings. The zero-order chi connectivity index (χ0) is 6.41. The Morgan fingerprint density at radius 2 is 2.38 bits per heavy atom. The Bertz CT molecular complexity index is 65.4. The van der Waals surface area contributed by atoms with Gasteiger partial charge in [0.15, 0.2) is 0 Å². The fourth-order valence-electron chi connectivity index (χ4n) is 0.439. The van der Waals surface area contributed by atoms with E-state index in [9.17, 15) is 4.79 Å². The lowest BCUT2D eigenvalue weighted by molar-refractivity contribution is -0.108. The first-order valence-electron chi connectivity index (χ1n) is 2.63. The zero-order valence-electron chi connectivity index (χ0n) is 5.13. The van der Waals surface area contributed by atoms with Crippen LogP contribution in [0.3, 0.4) is 0 Å². The third-order valence-corrected chi connectivity index (χ3v) is 0.897. The molecule has 2 N–H and O–H groups in total. The number of nitrogens with two attached hydrogens (primary N) is 1. The maximum Gasteiger partial charge on any atom is 0.133 e. The van der Waals surface area contributed by atoms with Crippen LogP contribution in [0.25, 0.3) is 0 Å². The monoisotopic (exact) mass is 116 g/mol. The van der Waals surface area contributed by atoms with Crippen LogP contribution in [0.5, 0.6) is 0 Å². The van der Waals surface area contributed by atoms with Crippen LogP contribution in [0.1, 0.15) is 0 Å². The largest absolute Gasteiger partial charge is 0.329 e. The highest BCUT2D eigenvalue weighted by Gasteiger charge is 1.90. The van der Waals surface area contributed by atoms with Crippen LogP contribution in [-0.4, -0.2) is 37.9 Å². The second-order valence-electron chi connectivity index (χ2n) is 1.72. The van der Waals surface area contributed by atoms with Crippen molar-refractivity contribution in [2.24, 2.45) is 5.73 Å². The van der Waals surface area contributed by atoms with Crippen LogP contribution in [0.2, 0.25) is 0 Å². The molecule has 0 heterocycles. The Balaban J connectivity index is 3.03. The van der Waals surface area contributed by atoms with Gasteiger partial charge < -0.3 is 10.5 Å². The molecule has 0 rings (SSSR count). The maximum atomic E-state index is 9.81. The van der Waals surface area contributed by atoms with Crippen LogP contribution in [0, 0.1) is 0 Å². The standard InChI is InChI=1S/C5H12N2O/c1-7(3-2-6)4-5-8/h5H,2-4,6H2,1H3. The Kier molecular flexibility index (Phi) is 4.50. The fourth-order valence-corrected chi connectivity index (χ4v) is 0.439. The number of likely N-dealkylation sites (N-methyl/N-ethyl adjacent to an activating group) is 1. The predicted octanol–water partition coefficient (Wildman–Crippen LogP) is -0.924. The molecule has 48 valence electrons. The number of carbonyl (C=O) groups excluding carboxylic acids is 1. The summed E-state index contributed by atoms with van der Waals surface area (Å²) in [4.78, 5) is 11.7. The molecule has 0 atom stereocenters. The van der Waals surface area contributed by atoms with Gasteiger partial charge in [-0.1, -0.05) is 0 Å². The highest BCUT2D eigenvalue weighted by Crippen LogP contribution is 1.72. The van der Waals surface area contributed by atoms with Crippen LogP contribution >= 0.6 is 0 Å². The van der Waals surface area contributed by atoms with E-state index in [0.29, 0.717) is 13.1 Å². The summed E-state index contributed by atoms with van der Waals surface area (Å²) in [5.41, 5.74) is 5.20. The number of carbonyl (C=O) groups is 1. The molecule has 0 aliphatic rings. The van der Waals surface area contributed by atoms with Crippen molar-refractivity contribution < 1.29 is 4.79 Å². The number of rotatable bonds is 4. The van der Waals surface area contributed by atoms with E-state index in [1.54, 1.807) is 0 Å². The molecule has 0 bridgehead atoms. The minimum absolute atomic E-state index is 0.483. The first-order chi connectivity index (χ1) is 3.81. The molecule has 8 heavy (non-hydrogen) atoms. The first kappa shape index (κ1) is 7.59. The molecule has 0 amide bonds. The van der Waals surface area contributed by atoms with Crippen molar-refractivity contribution in [3.8, 4) is 0 Å². The first-order valence-corrected chi connectivity index (χ1v) is 2.63. The Hall–Kier alpha value is -0.410. The van der Waals surface area contributed by atoms with Crippen LogP contribution in [-0.2, 0) is 4.79 Å². The molecule has 0 spiro atoms. The molecule has 0 unspecified atom stereocenters. The summed E-state index contributed by atoms with van der Waals surface area (Å²) in [7, 11) is 1.86. The van der Waals surface area contributed by atoms with Gasteiger partial charge in [0.05, 0.1) is 6.54 Å². The van der Waals surface area contributed by atoms with Gasteiger partial charge in [-0.05, 0) is 7.05 Å². The molecular weight excluding hydrogens is 104 g/mol. The molecule has 0 aliphatic heterocycles. The Morgan fingerprint density at radius 3 is 2.75 bits per heavy atom. The van der Waals surface area contributed by atoms with Crippen molar-refractivity contribution in [1.82, 2.24) is 4.90 Å². The molecule has 0 saturated carbocycles. The lowest BCUT2D eigenvalue weighted by atomic mass is 10.5. The highest BCUT2D eigenvalue weighted by atomic mass is 16.1. The zero-order valence-corrected chi connectivity index (χ0v) is 5.13. The van der Waals surface area contributed by atoms with E-state index in [-0.39, 0.29) is 0 Å².